The molecular weight excluding hydrogens is 400 g/mol. The average Bonchev–Trinajstić information content (AvgIpc) is 3.05. The van der Waals surface area contributed by atoms with Gasteiger partial charge in [0.2, 0.25) is 5.95 Å². The van der Waals surface area contributed by atoms with E-state index >= 15 is 0 Å². The largest absolute Gasteiger partial charge is 0.309 e. The van der Waals surface area contributed by atoms with E-state index in [1.54, 1.807) is 24.3 Å². The minimum Gasteiger partial charge on any atom is -0.309 e. The van der Waals surface area contributed by atoms with Gasteiger partial charge in [0.15, 0.2) is 9.84 Å². The number of hydrogen-bond acceptors (Lipinski definition) is 5. The molecule has 0 saturated heterocycles. The van der Waals surface area contributed by atoms with Gasteiger partial charge in [0, 0.05) is 24.9 Å². The van der Waals surface area contributed by atoms with Gasteiger partial charge in [-0.2, -0.15) is 0 Å². The Hall–Kier alpha value is -2.71. The molecule has 0 unspecified atom stereocenters. The third-order valence-corrected chi connectivity index (χ3v) is 5.89. The van der Waals surface area contributed by atoms with Crippen LogP contribution in [0.2, 0.25) is 0 Å². The van der Waals surface area contributed by atoms with Crippen LogP contribution in [0.4, 0.5) is 5.95 Å². The molecular formula is C22H28N4O3S. The average molecular weight is 429 g/mol. The Bertz CT molecular complexity index is 1130. The monoisotopic (exact) mass is 428 g/mol. The topological polar surface area (TPSA) is 84.3 Å². The molecule has 0 atom stereocenters. The number of carbonyl (C=O) groups is 1. The number of sulfone groups is 1. The molecule has 1 heterocycles. The van der Waals surface area contributed by atoms with Crippen molar-refractivity contribution in [2.75, 3.05) is 31.2 Å². The number of carbonyl (C=O) groups excluding carboxylic acids is 1. The van der Waals surface area contributed by atoms with E-state index in [0.29, 0.717) is 23.6 Å². The van der Waals surface area contributed by atoms with Crippen LogP contribution in [0.15, 0.2) is 48.5 Å². The van der Waals surface area contributed by atoms with E-state index in [0.717, 1.165) is 30.7 Å². The van der Waals surface area contributed by atoms with Gasteiger partial charge in [-0.15, -0.1) is 0 Å². The van der Waals surface area contributed by atoms with Crippen molar-refractivity contribution in [1.29, 1.82) is 0 Å². The summed E-state index contributed by atoms with van der Waals surface area (Å²) >= 11 is 0. The summed E-state index contributed by atoms with van der Waals surface area (Å²) in [5, 5.41) is 2.91. The maximum atomic E-state index is 12.9. The quantitative estimate of drug-likeness (QED) is 0.566. The molecule has 1 amide bonds. The molecule has 30 heavy (non-hydrogen) atoms. The second-order valence-electron chi connectivity index (χ2n) is 7.33. The van der Waals surface area contributed by atoms with Gasteiger partial charge < -0.3 is 9.47 Å². The smallest absolute Gasteiger partial charge is 0.257 e. The zero-order valence-electron chi connectivity index (χ0n) is 17.6. The first kappa shape index (κ1) is 22.0. The highest BCUT2D eigenvalue weighted by Crippen LogP contribution is 2.20. The van der Waals surface area contributed by atoms with Crippen LogP contribution in [-0.2, 0) is 22.1 Å². The van der Waals surface area contributed by atoms with Gasteiger partial charge in [0.05, 0.1) is 16.8 Å². The predicted molar refractivity (Wildman–Crippen MR) is 120 cm³/mol. The third kappa shape index (κ3) is 5.46. The highest BCUT2D eigenvalue weighted by molar-refractivity contribution is 7.89. The second-order valence-corrected chi connectivity index (χ2v) is 9.47. The molecule has 3 aromatic rings. The van der Waals surface area contributed by atoms with Crippen molar-refractivity contribution in [1.82, 2.24) is 14.5 Å². The molecule has 160 valence electrons. The van der Waals surface area contributed by atoms with Gasteiger partial charge in [-0.25, -0.2) is 13.4 Å². The summed E-state index contributed by atoms with van der Waals surface area (Å²) in [7, 11) is -3.18. The molecule has 0 radical (unpaired) electrons. The molecule has 8 heteroatoms. The standard InChI is InChI=1S/C22H28N4O3S/c1-4-25(5-2)13-14-26-20-12-7-6-11-19(20)23-22(26)24-21(27)18-10-8-9-17(15-18)16-30(3,28)29/h6-12,15H,4-5,13-14,16H2,1-3H3,(H,23,24,27). The van der Waals surface area contributed by atoms with Gasteiger partial charge in [-0.3, -0.25) is 10.1 Å². The number of para-hydroxylation sites is 2. The zero-order chi connectivity index (χ0) is 21.7. The normalized spacial score (nSPS) is 11.9. The van der Waals surface area contributed by atoms with Gasteiger partial charge in [-0.1, -0.05) is 38.1 Å². The molecule has 0 aliphatic carbocycles. The van der Waals surface area contributed by atoms with E-state index in [1.807, 2.05) is 28.8 Å². The molecule has 1 aromatic heterocycles. The lowest BCUT2D eigenvalue weighted by Crippen LogP contribution is -2.27. The molecule has 0 spiro atoms. The van der Waals surface area contributed by atoms with E-state index < -0.39 is 9.84 Å². The lowest BCUT2D eigenvalue weighted by Gasteiger charge is -2.19. The van der Waals surface area contributed by atoms with Crippen molar-refractivity contribution >= 4 is 32.7 Å². The van der Waals surface area contributed by atoms with E-state index in [-0.39, 0.29) is 11.7 Å². The van der Waals surface area contributed by atoms with Crippen LogP contribution in [0.1, 0.15) is 29.8 Å². The van der Waals surface area contributed by atoms with Crippen LogP contribution in [-0.4, -0.2) is 54.7 Å². The number of hydrogen-bond donors (Lipinski definition) is 1. The van der Waals surface area contributed by atoms with Crippen LogP contribution in [0, 0.1) is 0 Å². The number of nitrogens with zero attached hydrogens (tertiary/aromatic N) is 3. The lowest BCUT2D eigenvalue weighted by molar-refractivity contribution is 0.102. The summed E-state index contributed by atoms with van der Waals surface area (Å²) in [6.45, 7) is 7.71. The van der Waals surface area contributed by atoms with E-state index in [2.05, 4.69) is 29.0 Å². The van der Waals surface area contributed by atoms with Crippen molar-refractivity contribution in [3.05, 3.63) is 59.7 Å². The van der Waals surface area contributed by atoms with Crippen LogP contribution in [0.3, 0.4) is 0 Å². The number of rotatable bonds is 9. The van der Waals surface area contributed by atoms with Crippen LogP contribution in [0.5, 0.6) is 0 Å². The predicted octanol–water partition coefficient (Wildman–Crippen LogP) is 3.18. The molecule has 3 rings (SSSR count). The fourth-order valence-electron chi connectivity index (χ4n) is 3.46. The maximum Gasteiger partial charge on any atom is 0.257 e. The number of aromatic nitrogens is 2. The molecule has 0 aliphatic heterocycles. The molecule has 7 nitrogen and oxygen atoms in total. The highest BCUT2D eigenvalue weighted by Gasteiger charge is 2.16. The SMILES string of the molecule is CCN(CC)CCn1c(NC(=O)c2cccc(CS(C)(=O)=O)c2)nc2ccccc21. The first-order valence-electron chi connectivity index (χ1n) is 10.1. The van der Waals surface area contributed by atoms with E-state index in [9.17, 15) is 13.2 Å². The Kier molecular flexibility index (Phi) is 6.89. The maximum absolute atomic E-state index is 12.9. The lowest BCUT2D eigenvalue weighted by atomic mass is 10.1. The Morgan fingerprint density at radius 3 is 2.53 bits per heavy atom. The van der Waals surface area contributed by atoms with Gasteiger partial charge in [0.1, 0.15) is 0 Å². The van der Waals surface area contributed by atoms with Crippen molar-refractivity contribution in [3.63, 3.8) is 0 Å². The van der Waals surface area contributed by atoms with Crippen LogP contribution < -0.4 is 5.32 Å². The van der Waals surface area contributed by atoms with E-state index in [4.69, 9.17) is 0 Å². The summed E-state index contributed by atoms with van der Waals surface area (Å²) in [5.41, 5.74) is 2.77. The number of imidazole rings is 1. The first-order chi connectivity index (χ1) is 14.3. The minimum absolute atomic E-state index is 0.101. The fraction of sp³-hybridized carbons (Fsp3) is 0.364. The summed E-state index contributed by atoms with van der Waals surface area (Å²) in [6, 6.07) is 14.5. The number of nitrogens with one attached hydrogen (secondary N) is 1. The van der Waals surface area contributed by atoms with Crippen molar-refractivity contribution < 1.29 is 13.2 Å². The van der Waals surface area contributed by atoms with Crippen LogP contribution in [0.25, 0.3) is 11.0 Å². The summed E-state index contributed by atoms with van der Waals surface area (Å²) in [5.74, 6) is 0.0721. The van der Waals surface area contributed by atoms with Crippen molar-refractivity contribution in [2.45, 2.75) is 26.1 Å². The Morgan fingerprint density at radius 2 is 1.83 bits per heavy atom. The van der Waals surface area contributed by atoms with Crippen molar-refractivity contribution in [3.8, 4) is 0 Å². The molecule has 0 bridgehead atoms. The van der Waals surface area contributed by atoms with Gasteiger partial charge in [-0.05, 0) is 42.9 Å². The minimum atomic E-state index is -3.18. The van der Waals surface area contributed by atoms with Crippen molar-refractivity contribution in [2.24, 2.45) is 0 Å². The van der Waals surface area contributed by atoms with Gasteiger partial charge >= 0.3 is 0 Å². The Balaban J connectivity index is 1.87. The number of likely N-dealkylation sites (N-methyl/N-ethyl adjacent to an activating group) is 1. The summed E-state index contributed by atoms with van der Waals surface area (Å²) in [6.07, 6.45) is 1.18. The zero-order valence-corrected chi connectivity index (χ0v) is 18.4. The third-order valence-electron chi connectivity index (χ3n) is 5.03. The molecule has 0 aliphatic rings. The molecule has 1 N–H and O–H groups in total. The summed E-state index contributed by atoms with van der Waals surface area (Å²) < 4.78 is 25.2. The first-order valence-corrected chi connectivity index (χ1v) is 12.1. The summed E-state index contributed by atoms with van der Waals surface area (Å²) in [4.78, 5) is 19.8. The van der Waals surface area contributed by atoms with E-state index in [1.165, 1.54) is 6.26 Å². The number of benzene rings is 2. The molecule has 2 aromatic carbocycles. The van der Waals surface area contributed by atoms with Gasteiger partial charge in [0.25, 0.3) is 5.91 Å². The number of anilines is 1. The Labute approximate surface area is 177 Å². The highest BCUT2D eigenvalue weighted by atomic mass is 32.2. The van der Waals surface area contributed by atoms with Crippen LogP contribution >= 0.6 is 0 Å². The second kappa shape index (κ2) is 9.40. The Morgan fingerprint density at radius 1 is 1.10 bits per heavy atom. The number of fused-ring (bicyclic) bond motifs is 1. The molecule has 0 saturated carbocycles. The number of amides is 1. The molecule has 0 fully saturated rings. The fourth-order valence-corrected chi connectivity index (χ4v) is 4.24.